The molecule has 0 saturated carbocycles. The fourth-order valence-corrected chi connectivity index (χ4v) is 3.02. The van der Waals surface area contributed by atoms with E-state index in [1.165, 1.54) is 0 Å². The minimum Gasteiger partial charge on any atom is -0.350 e. The maximum atomic E-state index is 11.1. The van der Waals surface area contributed by atoms with E-state index in [9.17, 15) is 10.0 Å². The maximum absolute atomic E-state index is 11.1. The number of rotatable bonds is 1. The van der Waals surface area contributed by atoms with E-state index in [1.54, 1.807) is 0 Å². The van der Waals surface area contributed by atoms with Crippen molar-refractivity contribution < 1.29 is 10.0 Å². The Hall–Kier alpha value is -1.72. The Kier molecular flexibility index (Phi) is 2.46. The molecule has 18 heavy (non-hydrogen) atoms. The highest BCUT2D eigenvalue weighted by Crippen LogP contribution is 2.42. The van der Waals surface area contributed by atoms with E-state index in [0.717, 1.165) is 16.6 Å². The lowest BCUT2D eigenvalue weighted by atomic mass is 10.1. The first-order valence-electron chi connectivity index (χ1n) is 5.65. The van der Waals surface area contributed by atoms with Crippen LogP contribution in [-0.4, -0.2) is 20.9 Å². The first-order valence-corrected chi connectivity index (χ1v) is 6.03. The first kappa shape index (κ1) is 11.4. The number of nitrogens with zero attached hydrogens (tertiary/aromatic N) is 2. The van der Waals surface area contributed by atoms with Crippen molar-refractivity contribution >= 4 is 28.5 Å². The van der Waals surface area contributed by atoms with Crippen LogP contribution in [0.1, 0.15) is 18.2 Å². The number of urea groups is 1. The van der Waals surface area contributed by atoms with Crippen LogP contribution in [0.15, 0.2) is 24.3 Å². The molecule has 2 aromatic rings. The summed E-state index contributed by atoms with van der Waals surface area (Å²) >= 11 is 6.34. The van der Waals surface area contributed by atoms with Crippen molar-refractivity contribution in [2.75, 3.05) is 0 Å². The lowest BCUT2D eigenvalue weighted by molar-refractivity contribution is -0.0758. The molecule has 0 spiro atoms. The Labute approximate surface area is 108 Å². The van der Waals surface area contributed by atoms with Crippen molar-refractivity contribution in [3.63, 3.8) is 0 Å². The predicted octanol–water partition coefficient (Wildman–Crippen LogP) is 2.51. The van der Waals surface area contributed by atoms with Crippen LogP contribution >= 0.6 is 11.6 Å². The lowest BCUT2D eigenvalue weighted by Crippen LogP contribution is -2.35. The lowest BCUT2D eigenvalue weighted by Gasteiger charge is -2.19. The predicted molar refractivity (Wildman–Crippen MR) is 67.5 cm³/mol. The highest BCUT2D eigenvalue weighted by atomic mass is 35.5. The molecule has 0 radical (unpaired) electrons. The number of fused-ring (bicyclic) bond motifs is 3. The molecule has 1 aromatic carbocycles. The molecule has 2 amide bonds. The standard InChI is InChI=1S/C12H12ClN3O2/c13-10-7-3-1-2-4-8(7)15-6-5-9(11(10)15)16(18)12(14)17/h1-4,9,18H,5-6H2,(H2,14,17). The molecule has 94 valence electrons. The molecule has 2 heterocycles. The van der Waals surface area contributed by atoms with E-state index in [1.807, 2.05) is 28.8 Å². The minimum atomic E-state index is -0.866. The summed E-state index contributed by atoms with van der Waals surface area (Å²) in [6, 6.07) is 6.40. The number of benzene rings is 1. The second-order valence-corrected chi connectivity index (χ2v) is 4.73. The minimum absolute atomic E-state index is 0.470. The van der Waals surface area contributed by atoms with Gasteiger partial charge in [0.25, 0.3) is 0 Å². The van der Waals surface area contributed by atoms with Crippen molar-refractivity contribution in [2.24, 2.45) is 5.73 Å². The third kappa shape index (κ3) is 1.41. The van der Waals surface area contributed by atoms with Gasteiger partial charge in [-0.25, -0.2) is 4.79 Å². The summed E-state index contributed by atoms with van der Waals surface area (Å²) in [6.45, 7) is 0.706. The summed E-state index contributed by atoms with van der Waals surface area (Å²) in [7, 11) is 0. The van der Waals surface area contributed by atoms with Gasteiger partial charge in [-0.2, -0.15) is 5.06 Å². The number of aryl methyl sites for hydroxylation is 1. The summed E-state index contributed by atoms with van der Waals surface area (Å²) < 4.78 is 2.02. The first-order chi connectivity index (χ1) is 8.61. The highest BCUT2D eigenvalue weighted by molar-refractivity contribution is 6.36. The fourth-order valence-electron chi connectivity index (χ4n) is 2.63. The molecular formula is C12H12ClN3O2. The van der Waals surface area contributed by atoms with E-state index < -0.39 is 12.1 Å². The summed E-state index contributed by atoms with van der Waals surface area (Å²) in [5.41, 5.74) is 6.86. The van der Waals surface area contributed by atoms with Gasteiger partial charge in [-0.05, 0) is 12.5 Å². The van der Waals surface area contributed by atoms with Crippen LogP contribution in [0.3, 0.4) is 0 Å². The zero-order chi connectivity index (χ0) is 12.9. The van der Waals surface area contributed by atoms with Gasteiger partial charge in [-0.1, -0.05) is 29.8 Å². The Bertz CT molecular complexity index is 638. The highest BCUT2D eigenvalue weighted by Gasteiger charge is 2.34. The average molecular weight is 266 g/mol. The summed E-state index contributed by atoms with van der Waals surface area (Å²) in [5, 5.41) is 11.8. The fraction of sp³-hybridized carbons (Fsp3) is 0.250. The molecule has 0 aliphatic carbocycles. The largest absolute Gasteiger partial charge is 0.350 e. The second kappa shape index (κ2) is 3.90. The van der Waals surface area contributed by atoms with Crippen LogP contribution in [0.4, 0.5) is 4.79 Å². The number of nitrogens with two attached hydrogens (primary N) is 1. The van der Waals surface area contributed by atoms with Crippen LogP contribution in [0, 0.1) is 0 Å². The summed E-state index contributed by atoms with van der Waals surface area (Å²) in [4.78, 5) is 11.1. The van der Waals surface area contributed by atoms with Gasteiger partial charge in [-0.15, -0.1) is 0 Å². The number of hydroxylamine groups is 2. The van der Waals surface area contributed by atoms with Crippen LogP contribution in [0.5, 0.6) is 0 Å². The van der Waals surface area contributed by atoms with Crippen LogP contribution in [0.25, 0.3) is 10.9 Å². The molecule has 0 bridgehead atoms. The van der Waals surface area contributed by atoms with Gasteiger partial charge in [0, 0.05) is 17.4 Å². The molecule has 6 heteroatoms. The quantitative estimate of drug-likeness (QED) is 0.614. The third-order valence-corrected chi connectivity index (χ3v) is 3.81. The van der Waals surface area contributed by atoms with Gasteiger partial charge in [0.05, 0.1) is 10.7 Å². The second-order valence-electron chi connectivity index (χ2n) is 4.36. The number of aromatic nitrogens is 1. The van der Waals surface area contributed by atoms with Gasteiger partial charge in [0.15, 0.2) is 0 Å². The molecule has 1 aliphatic heterocycles. The van der Waals surface area contributed by atoms with Crippen molar-refractivity contribution in [3.8, 4) is 0 Å². The molecule has 3 N–H and O–H groups in total. The third-order valence-electron chi connectivity index (χ3n) is 3.41. The van der Waals surface area contributed by atoms with Crippen molar-refractivity contribution in [1.29, 1.82) is 0 Å². The van der Waals surface area contributed by atoms with Gasteiger partial charge in [-0.3, -0.25) is 5.21 Å². The maximum Gasteiger partial charge on any atom is 0.339 e. The monoisotopic (exact) mass is 265 g/mol. The zero-order valence-corrected chi connectivity index (χ0v) is 10.3. The molecule has 0 saturated heterocycles. The number of hydrogen-bond donors (Lipinski definition) is 2. The van der Waals surface area contributed by atoms with E-state index in [4.69, 9.17) is 17.3 Å². The van der Waals surface area contributed by atoms with Gasteiger partial charge >= 0.3 is 6.03 Å². The molecule has 1 atom stereocenters. The van der Waals surface area contributed by atoms with E-state index in [0.29, 0.717) is 23.1 Å². The molecule has 1 unspecified atom stereocenters. The van der Waals surface area contributed by atoms with Gasteiger partial charge in [0.2, 0.25) is 0 Å². The number of para-hydroxylation sites is 1. The molecule has 5 nitrogen and oxygen atoms in total. The van der Waals surface area contributed by atoms with Crippen molar-refractivity contribution in [3.05, 3.63) is 35.0 Å². The van der Waals surface area contributed by atoms with E-state index in [2.05, 4.69) is 0 Å². The number of primary amides is 1. The number of carbonyl (C=O) groups is 1. The van der Waals surface area contributed by atoms with E-state index in [-0.39, 0.29) is 0 Å². The Morgan fingerprint density at radius 1 is 1.50 bits per heavy atom. The summed E-state index contributed by atoms with van der Waals surface area (Å²) in [5.74, 6) is 0. The topological polar surface area (TPSA) is 71.5 Å². The normalized spacial score (nSPS) is 18.0. The number of amides is 2. The van der Waals surface area contributed by atoms with Gasteiger partial charge < -0.3 is 10.3 Å². The SMILES string of the molecule is NC(=O)N(O)C1CCn2c1c(Cl)c1ccccc12. The molecule has 0 fully saturated rings. The van der Waals surface area contributed by atoms with Crippen LogP contribution in [0.2, 0.25) is 5.02 Å². The Balaban J connectivity index is 2.19. The summed E-state index contributed by atoms with van der Waals surface area (Å²) in [6.07, 6.45) is 0.610. The Morgan fingerprint density at radius 2 is 2.22 bits per heavy atom. The molecule has 1 aliphatic rings. The molecular weight excluding hydrogens is 254 g/mol. The Morgan fingerprint density at radius 3 is 2.94 bits per heavy atom. The van der Waals surface area contributed by atoms with Crippen LogP contribution in [-0.2, 0) is 6.54 Å². The van der Waals surface area contributed by atoms with E-state index >= 15 is 0 Å². The molecule has 3 rings (SSSR count). The number of carbonyl (C=O) groups excluding carboxylic acids is 1. The zero-order valence-electron chi connectivity index (χ0n) is 9.51. The molecule has 1 aromatic heterocycles. The average Bonchev–Trinajstić information content (AvgIpc) is 2.90. The smallest absolute Gasteiger partial charge is 0.339 e. The number of hydrogen-bond acceptors (Lipinski definition) is 2. The van der Waals surface area contributed by atoms with Gasteiger partial charge in [0.1, 0.15) is 6.04 Å². The van der Waals surface area contributed by atoms with Crippen molar-refractivity contribution in [2.45, 2.75) is 19.0 Å². The van der Waals surface area contributed by atoms with Crippen molar-refractivity contribution in [1.82, 2.24) is 9.63 Å². The van der Waals surface area contributed by atoms with Crippen LogP contribution < -0.4 is 5.73 Å². The number of halogens is 1.